The minimum Gasteiger partial charge on any atom is -0.335 e. The third-order valence-electron chi connectivity index (χ3n) is 6.55. The molecule has 1 atom stereocenters. The van der Waals surface area contributed by atoms with Gasteiger partial charge in [-0.05, 0) is 37.8 Å². The van der Waals surface area contributed by atoms with Crippen LogP contribution >= 0.6 is 23.5 Å². The molecule has 4 aliphatic rings. The second-order valence-corrected chi connectivity index (χ2v) is 11.5. The third kappa shape index (κ3) is 3.30. The second-order valence-electron chi connectivity index (χ2n) is 8.28. The number of fused-ring (bicyclic) bond motifs is 3. The summed E-state index contributed by atoms with van der Waals surface area (Å²) >= 11 is 4.12. The lowest BCUT2D eigenvalue weighted by Gasteiger charge is -2.41. The molecule has 28 heavy (non-hydrogen) atoms. The Morgan fingerprint density at radius 2 is 1.93 bits per heavy atom. The van der Waals surface area contributed by atoms with Gasteiger partial charge in [0.05, 0.1) is 10.1 Å². The van der Waals surface area contributed by atoms with Gasteiger partial charge in [0.25, 0.3) is 5.91 Å². The van der Waals surface area contributed by atoms with E-state index in [2.05, 4.69) is 34.2 Å². The van der Waals surface area contributed by atoms with Crippen LogP contribution in [-0.4, -0.2) is 45.0 Å². The molecule has 5 nitrogen and oxygen atoms in total. The van der Waals surface area contributed by atoms with Crippen LogP contribution in [0.2, 0.25) is 0 Å². The Morgan fingerprint density at radius 3 is 2.71 bits per heavy atom. The Balaban J connectivity index is 1.38. The zero-order chi connectivity index (χ0) is 19.1. The molecule has 1 aliphatic carbocycles. The molecule has 3 fully saturated rings. The molecule has 1 unspecified atom stereocenters. The zero-order valence-electron chi connectivity index (χ0n) is 16.0. The van der Waals surface area contributed by atoms with Gasteiger partial charge in [0.2, 0.25) is 0 Å². The van der Waals surface area contributed by atoms with E-state index in [1.54, 1.807) is 0 Å². The van der Waals surface area contributed by atoms with Gasteiger partial charge in [-0.2, -0.15) is 0 Å². The van der Waals surface area contributed by atoms with Crippen molar-refractivity contribution in [2.24, 2.45) is 0 Å². The quantitative estimate of drug-likeness (QED) is 0.738. The lowest BCUT2D eigenvalue weighted by Crippen LogP contribution is -2.41. The number of carbonyl (C=O) groups is 2. The van der Waals surface area contributed by atoms with Crippen molar-refractivity contribution in [1.29, 1.82) is 0 Å². The predicted molar refractivity (Wildman–Crippen MR) is 116 cm³/mol. The Kier molecular flexibility index (Phi) is 4.99. The van der Waals surface area contributed by atoms with Gasteiger partial charge in [-0.3, -0.25) is 4.79 Å². The van der Waals surface area contributed by atoms with Crippen molar-refractivity contribution in [2.45, 2.75) is 61.1 Å². The lowest BCUT2D eigenvalue weighted by molar-refractivity contribution is 0.0669. The highest BCUT2D eigenvalue weighted by atomic mass is 32.2. The van der Waals surface area contributed by atoms with Gasteiger partial charge in [-0.1, -0.05) is 25.3 Å². The van der Waals surface area contributed by atoms with Crippen LogP contribution in [0.4, 0.5) is 10.5 Å². The second kappa shape index (κ2) is 7.48. The Morgan fingerprint density at radius 1 is 1.14 bits per heavy atom. The van der Waals surface area contributed by atoms with Gasteiger partial charge in [0.1, 0.15) is 0 Å². The minimum absolute atomic E-state index is 0.0838. The first-order valence-electron chi connectivity index (χ1n) is 10.4. The molecule has 0 aromatic heterocycles. The molecule has 150 valence electrons. The van der Waals surface area contributed by atoms with E-state index in [9.17, 15) is 9.59 Å². The van der Waals surface area contributed by atoms with E-state index < -0.39 is 0 Å². The number of hydrogen-bond acceptors (Lipinski definition) is 4. The van der Waals surface area contributed by atoms with Gasteiger partial charge in [0.15, 0.2) is 0 Å². The fraction of sp³-hybridized carbons (Fsp3) is 0.619. The van der Waals surface area contributed by atoms with Gasteiger partial charge in [-0.15, -0.1) is 23.5 Å². The first kappa shape index (κ1) is 18.7. The first-order valence-corrected chi connectivity index (χ1v) is 12.4. The highest BCUT2D eigenvalue weighted by molar-refractivity contribution is 8.21. The Hall–Kier alpha value is -1.34. The maximum absolute atomic E-state index is 13.0. The Labute approximate surface area is 174 Å². The predicted octanol–water partition coefficient (Wildman–Crippen LogP) is 4.61. The van der Waals surface area contributed by atoms with E-state index in [4.69, 9.17) is 0 Å². The van der Waals surface area contributed by atoms with Crippen LogP contribution in [0.15, 0.2) is 18.2 Å². The van der Waals surface area contributed by atoms with Crippen molar-refractivity contribution in [3.8, 4) is 0 Å². The molecule has 1 aromatic rings. The number of carbonyl (C=O) groups excluding carboxylic acids is 2. The van der Waals surface area contributed by atoms with E-state index in [-0.39, 0.29) is 28.1 Å². The van der Waals surface area contributed by atoms with Crippen molar-refractivity contribution in [3.05, 3.63) is 29.3 Å². The van der Waals surface area contributed by atoms with Crippen LogP contribution in [0.3, 0.4) is 0 Å². The number of thioether (sulfide) groups is 2. The highest BCUT2D eigenvalue weighted by Gasteiger charge is 2.49. The molecule has 1 saturated carbocycles. The molecule has 3 amide bonds. The number of piperidine rings is 1. The third-order valence-corrected chi connectivity index (χ3v) is 10.1. The number of anilines is 1. The van der Waals surface area contributed by atoms with Gasteiger partial charge < -0.3 is 15.5 Å². The molecule has 0 bridgehead atoms. The van der Waals surface area contributed by atoms with E-state index in [1.807, 2.05) is 23.1 Å². The minimum atomic E-state index is -0.138. The number of nitrogens with zero attached hydrogens (tertiary/aromatic N) is 1. The van der Waals surface area contributed by atoms with Gasteiger partial charge in [-0.25, -0.2) is 4.79 Å². The summed E-state index contributed by atoms with van der Waals surface area (Å²) in [6.45, 7) is 0.811. The normalized spacial score (nSPS) is 26.2. The molecule has 3 aliphatic heterocycles. The monoisotopic (exact) mass is 417 g/mol. The van der Waals surface area contributed by atoms with E-state index in [0.717, 1.165) is 49.0 Å². The number of rotatable bonds is 2. The van der Waals surface area contributed by atoms with Crippen LogP contribution < -0.4 is 10.6 Å². The standard InChI is InChI=1S/C21H27N3O2S2/c25-19-15-7-4-8-16(23-20(26)22-14-5-2-1-3-6-14)18(15)17-13-21(9-10-24(17)19)27-11-12-28-21/h4,7-8,14,17H,1-3,5-6,9-13H2,(H2,22,23,26). The number of hydrogen-bond donors (Lipinski definition) is 2. The molecular formula is C21H27N3O2S2. The van der Waals surface area contributed by atoms with E-state index in [0.29, 0.717) is 0 Å². The lowest BCUT2D eigenvalue weighted by atomic mass is 9.95. The largest absolute Gasteiger partial charge is 0.335 e. The van der Waals surface area contributed by atoms with Crippen molar-refractivity contribution in [1.82, 2.24) is 10.2 Å². The topological polar surface area (TPSA) is 61.4 Å². The fourth-order valence-corrected chi connectivity index (χ4v) is 8.45. The SMILES string of the molecule is O=C(Nc1cccc2c1C1CC3(CCN1C2=O)SCCS3)NC1CCCCC1. The van der Waals surface area contributed by atoms with Crippen molar-refractivity contribution >= 4 is 41.1 Å². The van der Waals surface area contributed by atoms with Crippen LogP contribution in [-0.2, 0) is 0 Å². The molecule has 3 heterocycles. The van der Waals surface area contributed by atoms with Crippen LogP contribution in [0.5, 0.6) is 0 Å². The molecule has 2 N–H and O–H groups in total. The molecule has 5 rings (SSSR count). The van der Waals surface area contributed by atoms with Crippen LogP contribution in [0, 0.1) is 0 Å². The summed E-state index contributed by atoms with van der Waals surface area (Å²) < 4.78 is 0.237. The zero-order valence-corrected chi connectivity index (χ0v) is 17.7. The van der Waals surface area contributed by atoms with E-state index >= 15 is 0 Å². The van der Waals surface area contributed by atoms with Crippen LogP contribution in [0.1, 0.15) is 66.9 Å². The number of amides is 3. The fourth-order valence-electron chi connectivity index (χ4n) is 5.18. The summed E-state index contributed by atoms with van der Waals surface area (Å²) in [6, 6.07) is 5.98. The molecule has 7 heteroatoms. The molecule has 2 saturated heterocycles. The average Bonchev–Trinajstić information content (AvgIpc) is 3.26. The molecule has 1 spiro atoms. The van der Waals surface area contributed by atoms with E-state index in [1.165, 1.54) is 30.8 Å². The van der Waals surface area contributed by atoms with Gasteiger partial charge in [0, 0.05) is 40.9 Å². The highest BCUT2D eigenvalue weighted by Crippen LogP contribution is 2.57. The summed E-state index contributed by atoms with van der Waals surface area (Å²) in [4.78, 5) is 27.6. The van der Waals surface area contributed by atoms with Crippen molar-refractivity contribution in [3.63, 3.8) is 0 Å². The average molecular weight is 418 g/mol. The number of urea groups is 1. The number of benzene rings is 1. The first-order chi connectivity index (χ1) is 13.7. The summed E-state index contributed by atoms with van der Waals surface area (Å²) in [6.07, 6.45) is 7.80. The van der Waals surface area contributed by atoms with Crippen LogP contribution in [0.25, 0.3) is 0 Å². The summed E-state index contributed by atoms with van der Waals surface area (Å²) in [5.74, 6) is 2.52. The molecule has 1 aromatic carbocycles. The number of nitrogens with one attached hydrogen (secondary N) is 2. The smallest absolute Gasteiger partial charge is 0.319 e. The van der Waals surface area contributed by atoms with Gasteiger partial charge >= 0.3 is 6.03 Å². The van der Waals surface area contributed by atoms with Crippen molar-refractivity contribution < 1.29 is 9.59 Å². The molecular weight excluding hydrogens is 390 g/mol. The summed E-state index contributed by atoms with van der Waals surface area (Å²) in [5.41, 5.74) is 2.60. The maximum atomic E-state index is 13.0. The molecule has 0 radical (unpaired) electrons. The summed E-state index contributed by atoms with van der Waals surface area (Å²) in [5, 5.41) is 6.21. The Bertz CT molecular complexity index is 788. The maximum Gasteiger partial charge on any atom is 0.319 e. The van der Waals surface area contributed by atoms with Crippen molar-refractivity contribution in [2.75, 3.05) is 23.4 Å². The summed E-state index contributed by atoms with van der Waals surface area (Å²) in [7, 11) is 0.